The number of unbranched alkanes of at least 4 members (excludes halogenated alkanes) is 22. The zero-order valence-corrected chi connectivity index (χ0v) is 32.8. The van der Waals surface area contributed by atoms with E-state index in [1.54, 1.807) is 0 Å². The Labute approximate surface area is 315 Å². The lowest BCUT2D eigenvalue weighted by molar-refractivity contribution is -0.147. The predicted octanol–water partition coefficient (Wildman–Crippen LogP) is 10.8. The van der Waals surface area contributed by atoms with Crippen LogP contribution in [0.2, 0.25) is 0 Å². The molecule has 0 aromatic carbocycles. The molecule has 304 valence electrons. The molecule has 1 heterocycles. The van der Waals surface area contributed by atoms with Gasteiger partial charge in [-0.2, -0.15) is 0 Å². The van der Waals surface area contributed by atoms with Crippen molar-refractivity contribution in [2.45, 2.75) is 206 Å². The highest BCUT2D eigenvalue weighted by Gasteiger charge is 2.38. The third-order valence-electron chi connectivity index (χ3n) is 8.78. The Kier molecular flexibility index (Phi) is 38.8. The van der Waals surface area contributed by atoms with Gasteiger partial charge in [-0.1, -0.05) is 141 Å². The lowest BCUT2D eigenvalue weighted by Crippen LogP contribution is -2.31. The number of aliphatic hydroxyl groups excluding tert-OH is 4. The van der Waals surface area contributed by atoms with Gasteiger partial charge in [0.05, 0.1) is 6.61 Å². The van der Waals surface area contributed by atoms with Crippen LogP contribution in [0.15, 0.2) is 35.8 Å². The van der Waals surface area contributed by atoms with Crippen LogP contribution in [0.4, 0.5) is 0 Å². The van der Waals surface area contributed by atoms with Gasteiger partial charge in [0.25, 0.3) is 0 Å². The number of carbonyl (C=O) groups is 3. The number of aliphatic hydroxyl groups is 4. The summed E-state index contributed by atoms with van der Waals surface area (Å²) >= 11 is 0. The van der Waals surface area contributed by atoms with Crippen molar-refractivity contribution in [3.05, 3.63) is 35.8 Å². The highest BCUT2D eigenvalue weighted by atomic mass is 16.6. The summed E-state index contributed by atoms with van der Waals surface area (Å²) in [5.74, 6) is -4.11. The molecule has 0 unspecified atom stereocenters. The van der Waals surface area contributed by atoms with Gasteiger partial charge in [0.15, 0.2) is 11.9 Å². The smallest absolute Gasteiger partial charge is 0.377 e. The molecule has 6 N–H and O–H groups in total. The number of hydrogen-bond donors (Lipinski definition) is 6. The normalized spacial score (nSPS) is 14.6. The van der Waals surface area contributed by atoms with E-state index in [9.17, 15) is 14.4 Å². The summed E-state index contributed by atoms with van der Waals surface area (Å²) in [4.78, 5) is 31.2. The van der Waals surface area contributed by atoms with Crippen molar-refractivity contribution in [3.63, 3.8) is 0 Å². The van der Waals surface area contributed by atoms with Crippen LogP contribution in [0.1, 0.15) is 194 Å². The van der Waals surface area contributed by atoms with E-state index >= 15 is 0 Å². The Morgan fingerprint density at radius 1 is 0.577 bits per heavy atom. The van der Waals surface area contributed by atoms with Gasteiger partial charge in [0.2, 0.25) is 5.76 Å². The van der Waals surface area contributed by atoms with Crippen molar-refractivity contribution in [1.82, 2.24) is 0 Å². The SMILES string of the molecule is CCCCCCCC/C=C\CCCCCCCC(=O)O.CCCCCCCC/C=C\CCCCCCCC(=O)O.O=C1O[C@H]([C@@H](O)CO)C(O)=C1O. The molecule has 1 aliphatic heterocycles. The largest absolute Gasteiger partial charge is 0.505 e. The second-order valence-corrected chi connectivity index (χ2v) is 13.8. The summed E-state index contributed by atoms with van der Waals surface area (Å²) in [7, 11) is 0. The number of cyclic esters (lactones) is 1. The lowest BCUT2D eigenvalue weighted by Gasteiger charge is -2.13. The first kappa shape index (κ1) is 51.3. The van der Waals surface area contributed by atoms with E-state index < -0.39 is 48.2 Å². The minimum Gasteiger partial charge on any atom is -0.505 e. The summed E-state index contributed by atoms with van der Waals surface area (Å²) < 4.78 is 4.32. The molecule has 1 rings (SSSR count). The van der Waals surface area contributed by atoms with Crippen LogP contribution in [-0.4, -0.2) is 67.4 Å². The van der Waals surface area contributed by atoms with Crippen molar-refractivity contribution in [3.8, 4) is 0 Å². The van der Waals surface area contributed by atoms with Crippen molar-refractivity contribution in [2.75, 3.05) is 6.61 Å². The number of carboxylic acids is 2. The average molecular weight is 741 g/mol. The molecule has 0 aromatic heterocycles. The molecule has 0 saturated carbocycles. The Hall–Kier alpha value is -2.85. The fourth-order valence-corrected chi connectivity index (χ4v) is 5.52. The van der Waals surface area contributed by atoms with Crippen LogP contribution >= 0.6 is 0 Å². The molecule has 2 atom stereocenters. The third kappa shape index (κ3) is 35.5. The summed E-state index contributed by atoms with van der Waals surface area (Å²) in [6.45, 7) is 3.85. The van der Waals surface area contributed by atoms with Gasteiger partial charge in [0.1, 0.15) is 6.10 Å². The molecule has 0 bridgehead atoms. The van der Waals surface area contributed by atoms with Crippen LogP contribution < -0.4 is 0 Å². The highest BCUT2D eigenvalue weighted by molar-refractivity contribution is 5.89. The number of carbonyl (C=O) groups excluding carboxylic acids is 1. The van der Waals surface area contributed by atoms with E-state index in [2.05, 4.69) is 42.9 Å². The molecule has 0 radical (unpaired) electrons. The van der Waals surface area contributed by atoms with Gasteiger partial charge >= 0.3 is 17.9 Å². The van der Waals surface area contributed by atoms with E-state index in [1.807, 2.05) is 0 Å². The molecule has 52 heavy (non-hydrogen) atoms. The number of rotatable bonds is 32. The number of allylic oxidation sites excluding steroid dienone is 4. The fourth-order valence-electron chi connectivity index (χ4n) is 5.52. The van der Waals surface area contributed by atoms with Crippen LogP contribution in [0.3, 0.4) is 0 Å². The summed E-state index contributed by atoms with van der Waals surface area (Å²) in [5.41, 5.74) is 0. The molecule has 0 aromatic rings. The van der Waals surface area contributed by atoms with Crippen molar-refractivity contribution >= 4 is 17.9 Å². The Bertz CT molecular complexity index is 893. The van der Waals surface area contributed by atoms with Crippen LogP contribution in [-0.2, 0) is 19.1 Å². The topological polar surface area (TPSA) is 182 Å². The molecular formula is C42H76O10. The lowest BCUT2D eigenvalue weighted by atomic mass is 10.1. The van der Waals surface area contributed by atoms with E-state index in [1.165, 1.54) is 141 Å². The molecule has 0 saturated heterocycles. The average Bonchev–Trinajstić information content (AvgIpc) is 3.38. The number of esters is 1. The Morgan fingerprint density at radius 2 is 0.885 bits per heavy atom. The Morgan fingerprint density at radius 3 is 1.15 bits per heavy atom. The zero-order chi connectivity index (χ0) is 39.1. The van der Waals surface area contributed by atoms with Crippen LogP contribution in [0, 0.1) is 0 Å². The molecule has 0 amide bonds. The van der Waals surface area contributed by atoms with E-state index in [-0.39, 0.29) is 0 Å². The molecule has 0 fully saturated rings. The third-order valence-corrected chi connectivity index (χ3v) is 8.78. The van der Waals surface area contributed by atoms with Crippen molar-refractivity contribution in [1.29, 1.82) is 0 Å². The molecule has 0 spiro atoms. The number of carboxylic acid groups (broad SMARTS) is 2. The predicted molar refractivity (Wildman–Crippen MR) is 209 cm³/mol. The van der Waals surface area contributed by atoms with Crippen LogP contribution in [0.5, 0.6) is 0 Å². The van der Waals surface area contributed by atoms with Gasteiger partial charge in [-0.3, -0.25) is 9.59 Å². The van der Waals surface area contributed by atoms with Crippen molar-refractivity contribution in [2.24, 2.45) is 0 Å². The van der Waals surface area contributed by atoms with Gasteiger partial charge in [-0.05, 0) is 64.2 Å². The van der Waals surface area contributed by atoms with Crippen molar-refractivity contribution < 1.29 is 49.8 Å². The summed E-state index contributed by atoms with van der Waals surface area (Å²) in [6, 6.07) is 0. The van der Waals surface area contributed by atoms with Crippen LogP contribution in [0.25, 0.3) is 0 Å². The first-order chi connectivity index (χ1) is 25.1. The van der Waals surface area contributed by atoms with E-state index in [4.69, 9.17) is 30.6 Å². The van der Waals surface area contributed by atoms with E-state index in [0.717, 1.165) is 25.7 Å². The first-order valence-electron chi connectivity index (χ1n) is 20.5. The second kappa shape index (κ2) is 39.4. The number of hydrogen-bond acceptors (Lipinski definition) is 8. The Balaban J connectivity index is 0. The number of ether oxygens (including phenoxy) is 1. The standard InChI is InChI=1S/2C18H34O2.C6H8O6/c2*1-2-3-4-5-6-7-8-9-10-11-12-13-14-15-16-17-18(19)20;7-1-2(8)5-3(9)4(10)6(11)12-5/h2*9-10H,2-8,11-17H2,1H3,(H,19,20);2,5,7-10H,1H2/b2*10-9-;/t;;2-,5+/m..0/s1. The minimum absolute atomic E-state index is 0.332. The maximum Gasteiger partial charge on any atom is 0.377 e. The molecule has 10 heteroatoms. The second-order valence-electron chi connectivity index (χ2n) is 13.8. The van der Waals surface area contributed by atoms with Gasteiger partial charge < -0.3 is 35.4 Å². The summed E-state index contributed by atoms with van der Waals surface area (Å²) in [6.07, 6.45) is 39.7. The first-order valence-corrected chi connectivity index (χ1v) is 20.5. The monoisotopic (exact) mass is 741 g/mol. The minimum atomic E-state index is -1.42. The zero-order valence-electron chi connectivity index (χ0n) is 32.8. The maximum atomic E-state index is 10.5. The fraction of sp³-hybridized carbons (Fsp3) is 0.786. The molecule has 0 aliphatic carbocycles. The maximum absolute atomic E-state index is 10.5. The van der Waals surface area contributed by atoms with Gasteiger partial charge in [0, 0.05) is 12.8 Å². The highest BCUT2D eigenvalue weighted by Crippen LogP contribution is 2.21. The number of aliphatic carboxylic acids is 2. The van der Waals surface area contributed by atoms with Gasteiger partial charge in [-0.25, -0.2) is 4.79 Å². The molecule has 1 aliphatic rings. The van der Waals surface area contributed by atoms with Gasteiger partial charge in [-0.15, -0.1) is 0 Å². The molecule has 10 nitrogen and oxygen atoms in total. The van der Waals surface area contributed by atoms with E-state index in [0.29, 0.717) is 12.8 Å². The molecular weight excluding hydrogens is 664 g/mol. The quantitative estimate of drug-likeness (QED) is 0.0220. The summed E-state index contributed by atoms with van der Waals surface area (Å²) in [5, 5.41) is 52.1.